The highest BCUT2D eigenvalue weighted by Gasteiger charge is 2.23. The van der Waals surface area contributed by atoms with Gasteiger partial charge in [-0.3, -0.25) is 9.36 Å². The van der Waals surface area contributed by atoms with Crippen LogP contribution in [0.15, 0.2) is 51.0 Å². The molecule has 7 heteroatoms. The zero-order valence-corrected chi connectivity index (χ0v) is 15.7. The lowest BCUT2D eigenvalue weighted by molar-refractivity contribution is -0.134. The summed E-state index contributed by atoms with van der Waals surface area (Å²) in [6, 6.07) is 11.1. The number of fused-ring (bicyclic) bond motifs is 1. The van der Waals surface area contributed by atoms with Crippen LogP contribution < -0.4 is 5.76 Å². The summed E-state index contributed by atoms with van der Waals surface area (Å²) in [6.45, 7) is 3.11. The monoisotopic (exact) mass is 374 g/mol. The van der Waals surface area contributed by atoms with Crippen LogP contribution in [-0.2, 0) is 16.1 Å². The fraction of sp³-hybridized carbons (Fsp3) is 0.368. The topological polar surface area (TPSA) is 64.7 Å². The number of benzene rings is 1. The Hall–Kier alpha value is -2.38. The summed E-state index contributed by atoms with van der Waals surface area (Å²) in [7, 11) is 1.64. The van der Waals surface area contributed by atoms with Crippen LogP contribution in [0.3, 0.4) is 0 Å². The van der Waals surface area contributed by atoms with Crippen LogP contribution in [0.2, 0.25) is 0 Å². The summed E-state index contributed by atoms with van der Waals surface area (Å²) in [5, 5.41) is 2.00. The summed E-state index contributed by atoms with van der Waals surface area (Å²) in [6.07, 6.45) is 0.735. The molecule has 0 spiro atoms. The Morgan fingerprint density at radius 3 is 2.85 bits per heavy atom. The summed E-state index contributed by atoms with van der Waals surface area (Å²) in [5.74, 6) is -0.629. The lowest BCUT2D eigenvalue weighted by Gasteiger charge is -2.29. The Bertz CT molecular complexity index is 913. The highest BCUT2D eigenvalue weighted by molar-refractivity contribution is 7.10. The molecule has 3 rings (SSSR count). The molecular formula is C19H22N2O4S. The number of rotatable bonds is 8. The first-order chi connectivity index (χ1) is 12.6. The summed E-state index contributed by atoms with van der Waals surface area (Å²) in [4.78, 5) is 28.1. The van der Waals surface area contributed by atoms with Gasteiger partial charge in [0.1, 0.15) is 6.54 Å². The zero-order chi connectivity index (χ0) is 18.5. The molecule has 3 aromatic rings. The van der Waals surface area contributed by atoms with E-state index in [1.807, 2.05) is 30.5 Å². The largest absolute Gasteiger partial charge is 0.420 e. The third-order valence-corrected chi connectivity index (χ3v) is 5.40. The molecule has 1 unspecified atom stereocenters. The van der Waals surface area contributed by atoms with Crippen LogP contribution in [0.1, 0.15) is 24.3 Å². The molecular weight excluding hydrogens is 352 g/mol. The molecule has 0 radical (unpaired) electrons. The number of oxazole rings is 1. The maximum Gasteiger partial charge on any atom is 0.420 e. The van der Waals surface area contributed by atoms with Gasteiger partial charge in [0.2, 0.25) is 5.91 Å². The van der Waals surface area contributed by atoms with Gasteiger partial charge >= 0.3 is 5.76 Å². The molecule has 0 saturated carbocycles. The highest BCUT2D eigenvalue weighted by atomic mass is 32.1. The Balaban J connectivity index is 1.84. The first-order valence-corrected chi connectivity index (χ1v) is 9.40. The summed E-state index contributed by atoms with van der Waals surface area (Å²) >= 11 is 1.62. The number of carbonyl (C=O) groups is 1. The van der Waals surface area contributed by atoms with E-state index in [9.17, 15) is 9.59 Å². The van der Waals surface area contributed by atoms with Crippen LogP contribution in [0.25, 0.3) is 11.1 Å². The average Bonchev–Trinajstić information content (AvgIpc) is 3.27. The first kappa shape index (κ1) is 18.4. The molecule has 0 N–H and O–H groups in total. The number of aromatic nitrogens is 1. The van der Waals surface area contributed by atoms with E-state index in [1.54, 1.807) is 41.5 Å². The van der Waals surface area contributed by atoms with Crippen molar-refractivity contribution in [1.29, 1.82) is 0 Å². The van der Waals surface area contributed by atoms with Gasteiger partial charge in [0.25, 0.3) is 0 Å². The molecule has 1 aromatic carbocycles. The molecule has 2 aromatic heterocycles. The molecule has 0 saturated heterocycles. The van der Waals surface area contributed by atoms with Crippen LogP contribution >= 0.6 is 11.3 Å². The van der Waals surface area contributed by atoms with Crippen molar-refractivity contribution in [2.45, 2.75) is 25.9 Å². The van der Waals surface area contributed by atoms with Gasteiger partial charge in [0.15, 0.2) is 5.58 Å². The molecule has 1 amide bonds. The van der Waals surface area contributed by atoms with Crippen LogP contribution in [0.5, 0.6) is 0 Å². The van der Waals surface area contributed by atoms with Crippen LogP contribution in [0.4, 0.5) is 0 Å². The normalized spacial score (nSPS) is 12.4. The standard InChI is InChI=1S/C19H22N2O4S/c1-14(17-9-5-12-26-17)20(10-6-11-24-2)18(22)13-21-15-7-3-4-8-16(15)25-19(21)23/h3-5,7-9,12,14H,6,10-11,13H2,1-2H3. The smallest absolute Gasteiger partial charge is 0.408 e. The fourth-order valence-electron chi connectivity index (χ4n) is 2.99. The molecule has 2 heterocycles. The molecule has 0 aliphatic heterocycles. The molecule has 6 nitrogen and oxygen atoms in total. The van der Waals surface area contributed by atoms with Gasteiger partial charge in [-0.15, -0.1) is 11.3 Å². The van der Waals surface area contributed by atoms with Crippen molar-refractivity contribution < 1.29 is 13.9 Å². The molecule has 0 aliphatic rings. The van der Waals surface area contributed by atoms with E-state index in [1.165, 1.54) is 4.57 Å². The van der Waals surface area contributed by atoms with Crippen molar-refractivity contribution in [3.05, 3.63) is 57.2 Å². The fourth-order valence-corrected chi connectivity index (χ4v) is 3.78. The molecule has 26 heavy (non-hydrogen) atoms. The van der Waals surface area contributed by atoms with Gasteiger partial charge < -0.3 is 14.1 Å². The minimum absolute atomic E-state index is 0.0431. The summed E-state index contributed by atoms with van der Waals surface area (Å²) in [5.41, 5.74) is 1.12. The van der Waals surface area contributed by atoms with Gasteiger partial charge in [-0.2, -0.15) is 0 Å². The number of ether oxygens (including phenoxy) is 1. The maximum absolute atomic E-state index is 13.0. The van der Waals surface area contributed by atoms with E-state index >= 15 is 0 Å². The Morgan fingerprint density at radius 2 is 2.12 bits per heavy atom. The molecule has 0 bridgehead atoms. The average molecular weight is 374 g/mol. The van der Waals surface area contributed by atoms with Gasteiger partial charge in [-0.25, -0.2) is 4.79 Å². The van der Waals surface area contributed by atoms with Gasteiger partial charge in [-0.1, -0.05) is 18.2 Å². The maximum atomic E-state index is 13.0. The van der Waals surface area contributed by atoms with E-state index in [0.717, 1.165) is 11.3 Å². The number of hydrogen-bond donors (Lipinski definition) is 0. The second kappa shape index (κ2) is 8.33. The number of hydrogen-bond acceptors (Lipinski definition) is 5. The number of para-hydroxylation sites is 2. The van der Waals surface area contributed by atoms with E-state index in [2.05, 4.69) is 0 Å². The predicted octanol–water partition coefficient (Wildman–Crippen LogP) is 3.28. The van der Waals surface area contributed by atoms with Crippen molar-refractivity contribution in [2.75, 3.05) is 20.3 Å². The Labute approximate surface area is 155 Å². The Kier molecular flexibility index (Phi) is 5.90. The molecule has 138 valence electrons. The van der Waals surface area contributed by atoms with Crippen molar-refractivity contribution in [3.8, 4) is 0 Å². The number of amides is 1. The van der Waals surface area contributed by atoms with E-state index in [0.29, 0.717) is 24.3 Å². The number of methoxy groups -OCH3 is 1. The number of nitrogens with zero attached hydrogens (tertiary/aromatic N) is 2. The molecule has 0 aliphatic carbocycles. The number of thiophene rings is 1. The third kappa shape index (κ3) is 3.89. The quantitative estimate of drug-likeness (QED) is 0.568. The number of carbonyl (C=O) groups excluding carboxylic acids is 1. The van der Waals surface area contributed by atoms with E-state index in [-0.39, 0.29) is 18.5 Å². The van der Waals surface area contributed by atoms with Crippen molar-refractivity contribution in [2.24, 2.45) is 0 Å². The van der Waals surface area contributed by atoms with E-state index < -0.39 is 5.76 Å². The minimum Gasteiger partial charge on any atom is -0.408 e. The van der Waals surface area contributed by atoms with Crippen LogP contribution in [0, 0.1) is 0 Å². The van der Waals surface area contributed by atoms with Crippen molar-refractivity contribution in [1.82, 2.24) is 9.47 Å². The second-order valence-corrected chi connectivity index (χ2v) is 7.03. The minimum atomic E-state index is -0.514. The summed E-state index contributed by atoms with van der Waals surface area (Å²) < 4.78 is 11.7. The predicted molar refractivity (Wildman–Crippen MR) is 101 cm³/mol. The SMILES string of the molecule is COCCCN(C(=O)Cn1c(=O)oc2ccccc21)C(C)c1cccs1. The van der Waals surface area contributed by atoms with Crippen molar-refractivity contribution >= 4 is 28.3 Å². The first-order valence-electron chi connectivity index (χ1n) is 8.52. The lowest BCUT2D eigenvalue weighted by Crippen LogP contribution is -2.38. The van der Waals surface area contributed by atoms with Crippen molar-refractivity contribution in [3.63, 3.8) is 0 Å². The Morgan fingerprint density at radius 1 is 1.31 bits per heavy atom. The lowest BCUT2D eigenvalue weighted by atomic mass is 10.2. The highest BCUT2D eigenvalue weighted by Crippen LogP contribution is 2.25. The van der Waals surface area contributed by atoms with Gasteiger partial charge in [0, 0.05) is 25.1 Å². The second-order valence-electron chi connectivity index (χ2n) is 6.05. The third-order valence-electron chi connectivity index (χ3n) is 4.36. The molecule has 0 fully saturated rings. The molecule has 1 atom stereocenters. The van der Waals surface area contributed by atoms with Crippen LogP contribution in [-0.4, -0.2) is 35.6 Å². The van der Waals surface area contributed by atoms with Gasteiger partial charge in [-0.05, 0) is 36.9 Å². The van der Waals surface area contributed by atoms with E-state index in [4.69, 9.17) is 9.15 Å². The zero-order valence-electron chi connectivity index (χ0n) is 14.9. The van der Waals surface area contributed by atoms with Gasteiger partial charge in [0.05, 0.1) is 11.6 Å².